The Kier molecular flexibility index (Phi) is 5.41. The maximum Gasteiger partial charge on any atom is 0.309 e. The van der Waals surface area contributed by atoms with Gasteiger partial charge in [-0.3, -0.25) is 4.79 Å². The summed E-state index contributed by atoms with van der Waals surface area (Å²) >= 11 is 0. The van der Waals surface area contributed by atoms with Gasteiger partial charge in [0.05, 0.1) is 18.7 Å². The molecular weight excluding hydrogens is 218 g/mol. The van der Waals surface area contributed by atoms with E-state index < -0.39 is 0 Å². The fraction of sp³-hybridized carbons (Fsp3) is 0.231. The van der Waals surface area contributed by atoms with Crippen molar-refractivity contribution < 1.29 is 14.3 Å². The van der Waals surface area contributed by atoms with Gasteiger partial charge in [0.2, 0.25) is 6.08 Å². The van der Waals surface area contributed by atoms with E-state index in [2.05, 4.69) is 4.99 Å². The molecule has 0 amide bonds. The second-order valence-electron chi connectivity index (χ2n) is 3.21. The van der Waals surface area contributed by atoms with Gasteiger partial charge in [-0.2, -0.15) is 4.99 Å². The van der Waals surface area contributed by atoms with Crippen molar-refractivity contribution in [2.24, 2.45) is 4.99 Å². The summed E-state index contributed by atoms with van der Waals surface area (Å²) in [6, 6.07) is 7.01. The Morgan fingerprint density at radius 3 is 2.71 bits per heavy atom. The quantitative estimate of drug-likeness (QED) is 0.444. The number of isocyanates is 1. The topological polar surface area (TPSA) is 55.7 Å². The van der Waals surface area contributed by atoms with E-state index >= 15 is 0 Å². The van der Waals surface area contributed by atoms with Crippen LogP contribution in [-0.4, -0.2) is 18.7 Å². The molecule has 0 bridgehead atoms. The zero-order valence-corrected chi connectivity index (χ0v) is 9.55. The van der Waals surface area contributed by atoms with E-state index in [1.807, 2.05) is 6.08 Å². The first-order valence-corrected chi connectivity index (χ1v) is 5.26. The molecule has 0 heterocycles. The van der Waals surface area contributed by atoms with E-state index in [4.69, 9.17) is 4.74 Å². The normalized spacial score (nSPS) is 9.94. The van der Waals surface area contributed by atoms with Gasteiger partial charge in [0.15, 0.2) is 0 Å². The fourth-order valence-electron chi connectivity index (χ4n) is 1.22. The molecule has 0 fully saturated rings. The largest absolute Gasteiger partial charge is 0.466 e. The number of aliphatic imine (C=N–C) groups is 1. The van der Waals surface area contributed by atoms with Gasteiger partial charge in [0, 0.05) is 0 Å². The molecule has 1 rings (SSSR count). The maximum atomic E-state index is 11.0. The number of hydrogen-bond donors (Lipinski definition) is 0. The van der Waals surface area contributed by atoms with Gasteiger partial charge in [-0.25, -0.2) is 4.79 Å². The smallest absolute Gasteiger partial charge is 0.309 e. The number of rotatable bonds is 5. The van der Waals surface area contributed by atoms with Crippen LogP contribution in [0.2, 0.25) is 0 Å². The van der Waals surface area contributed by atoms with Crippen LogP contribution in [0.3, 0.4) is 0 Å². The Hall–Kier alpha value is -2.19. The number of ether oxygens (including phenoxy) is 1. The average Bonchev–Trinajstić information content (AvgIpc) is 2.32. The van der Waals surface area contributed by atoms with Crippen molar-refractivity contribution in [3.63, 3.8) is 0 Å². The third kappa shape index (κ3) is 4.91. The Morgan fingerprint density at radius 2 is 2.12 bits per heavy atom. The summed E-state index contributed by atoms with van der Waals surface area (Å²) in [6.45, 7) is 2.17. The molecule has 0 aliphatic carbocycles. The molecule has 17 heavy (non-hydrogen) atoms. The lowest BCUT2D eigenvalue weighted by Gasteiger charge is -1.97. The summed E-state index contributed by atoms with van der Waals surface area (Å²) in [7, 11) is 0. The molecule has 0 aromatic heterocycles. The Bertz CT molecular complexity index is 442. The van der Waals surface area contributed by atoms with Gasteiger partial charge in [0.1, 0.15) is 0 Å². The summed E-state index contributed by atoms with van der Waals surface area (Å²) in [5, 5.41) is 0. The number of hydrogen-bond acceptors (Lipinski definition) is 4. The van der Waals surface area contributed by atoms with Crippen molar-refractivity contribution in [2.45, 2.75) is 13.3 Å². The second kappa shape index (κ2) is 7.14. The highest BCUT2D eigenvalue weighted by Crippen LogP contribution is 2.13. The molecule has 1 aromatic carbocycles. The molecule has 0 saturated heterocycles. The van der Waals surface area contributed by atoms with Gasteiger partial charge >= 0.3 is 5.97 Å². The molecule has 0 atom stereocenters. The molecule has 0 aliphatic rings. The summed E-state index contributed by atoms with van der Waals surface area (Å²) in [5.74, 6) is -0.245. The van der Waals surface area contributed by atoms with Crippen molar-refractivity contribution in [2.75, 3.05) is 6.61 Å². The predicted octanol–water partition coefficient (Wildman–Crippen LogP) is 2.62. The van der Waals surface area contributed by atoms with E-state index in [1.165, 1.54) is 6.08 Å². The first-order chi connectivity index (χ1) is 8.26. The number of carbonyl (C=O) groups is 1. The zero-order valence-electron chi connectivity index (χ0n) is 9.55. The molecule has 0 saturated carbocycles. The van der Waals surface area contributed by atoms with Crippen LogP contribution in [0, 0.1) is 0 Å². The number of carbonyl (C=O) groups excluding carboxylic acids is 2. The maximum absolute atomic E-state index is 11.0. The molecule has 0 N–H and O–H groups in total. The first kappa shape index (κ1) is 12.9. The molecular formula is C13H13NO3. The minimum absolute atomic E-state index is 0.245. The van der Waals surface area contributed by atoms with Crippen LogP contribution < -0.4 is 0 Å². The SMILES string of the molecule is CCOC(=O)CC=Cc1ccc(N=C=O)cc1. The second-order valence-corrected chi connectivity index (χ2v) is 3.21. The molecule has 4 heteroatoms. The predicted molar refractivity (Wildman–Crippen MR) is 64.5 cm³/mol. The highest BCUT2D eigenvalue weighted by molar-refractivity contribution is 5.72. The van der Waals surface area contributed by atoms with Gasteiger partial charge in [-0.15, -0.1) is 0 Å². The summed E-state index contributed by atoms with van der Waals surface area (Å²) in [6.07, 6.45) is 5.27. The molecule has 88 valence electrons. The van der Waals surface area contributed by atoms with Crippen LogP contribution in [0.25, 0.3) is 6.08 Å². The molecule has 0 unspecified atom stereocenters. The minimum Gasteiger partial charge on any atom is -0.466 e. The van der Waals surface area contributed by atoms with E-state index in [0.717, 1.165) is 5.56 Å². The lowest BCUT2D eigenvalue weighted by molar-refractivity contribution is -0.142. The third-order valence-electron chi connectivity index (χ3n) is 1.97. The van der Waals surface area contributed by atoms with Gasteiger partial charge < -0.3 is 4.74 Å². The third-order valence-corrected chi connectivity index (χ3v) is 1.97. The van der Waals surface area contributed by atoms with Crippen LogP contribution in [0.1, 0.15) is 18.9 Å². The highest BCUT2D eigenvalue weighted by atomic mass is 16.5. The van der Waals surface area contributed by atoms with E-state index in [0.29, 0.717) is 12.3 Å². The molecule has 0 spiro atoms. The zero-order chi connectivity index (χ0) is 12.5. The molecule has 4 nitrogen and oxygen atoms in total. The lowest BCUT2D eigenvalue weighted by Crippen LogP contribution is -2.01. The first-order valence-electron chi connectivity index (χ1n) is 5.26. The molecule has 0 aliphatic heterocycles. The van der Waals surface area contributed by atoms with E-state index in [1.54, 1.807) is 37.3 Å². The molecule has 0 radical (unpaired) electrons. The average molecular weight is 231 g/mol. The minimum atomic E-state index is -0.245. The standard InChI is InChI=1S/C13H13NO3/c1-2-17-13(16)5-3-4-11-6-8-12(9-7-11)14-10-15/h3-4,6-9H,2,5H2,1H3. The van der Waals surface area contributed by atoms with Crippen LogP contribution in [-0.2, 0) is 14.3 Å². The van der Waals surface area contributed by atoms with Gasteiger partial charge in [-0.1, -0.05) is 24.3 Å². The monoisotopic (exact) mass is 231 g/mol. The molecule has 1 aromatic rings. The summed E-state index contributed by atoms with van der Waals surface area (Å²) in [5.41, 5.74) is 1.49. The number of esters is 1. The Balaban J connectivity index is 2.54. The summed E-state index contributed by atoms with van der Waals surface area (Å²) < 4.78 is 4.78. The number of benzene rings is 1. The van der Waals surface area contributed by atoms with Crippen LogP contribution in [0.15, 0.2) is 35.3 Å². The van der Waals surface area contributed by atoms with Crippen molar-refractivity contribution >= 4 is 23.8 Å². The van der Waals surface area contributed by atoms with Gasteiger partial charge in [-0.05, 0) is 24.6 Å². The van der Waals surface area contributed by atoms with E-state index in [9.17, 15) is 9.59 Å². The van der Waals surface area contributed by atoms with E-state index in [-0.39, 0.29) is 12.4 Å². The van der Waals surface area contributed by atoms with Crippen LogP contribution >= 0.6 is 0 Å². The van der Waals surface area contributed by atoms with Crippen molar-refractivity contribution in [1.82, 2.24) is 0 Å². The lowest BCUT2D eigenvalue weighted by atomic mass is 10.2. The Labute approximate surface area is 99.6 Å². The van der Waals surface area contributed by atoms with Crippen molar-refractivity contribution in [3.05, 3.63) is 35.9 Å². The Morgan fingerprint density at radius 1 is 1.41 bits per heavy atom. The van der Waals surface area contributed by atoms with Crippen LogP contribution in [0.4, 0.5) is 5.69 Å². The highest BCUT2D eigenvalue weighted by Gasteiger charge is 1.96. The fourth-order valence-corrected chi connectivity index (χ4v) is 1.22. The summed E-state index contributed by atoms with van der Waals surface area (Å²) in [4.78, 5) is 24.5. The van der Waals surface area contributed by atoms with Crippen LogP contribution in [0.5, 0.6) is 0 Å². The number of nitrogens with zero attached hydrogens (tertiary/aromatic N) is 1. The van der Waals surface area contributed by atoms with Gasteiger partial charge in [0.25, 0.3) is 0 Å². The van der Waals surface area contributed by atoms with Crippen molar-refractivity contribution in [3.8, 4) is 0 Å². The van der Waals surface area contributed by atoms with Crippen molar-refractivity contribution in [1.29, 1.82) is 0 Å².